The van der Waals surface area contributed by atoms with E-state index in [-0.39, 0.29) is 24.9 Å². The van der Waals surface area contributed by atoms with Gasteiger partial charge in [-0.05, 0) is 12.8 Å². The number of nitrogens with zero attached hydrogens (tertiary/aromatic N) is 4. The van der Waals surface area contributed by atoms with Crippen LogP contribution in [0.15, 0.2) is 15.1 Å². The van der Waals surface area contributed by atoms with Crippen LogP contribution in [0.3, 0.4) is 0 Å². The summed E-state index contributed by atoms with van der Waals surface area (Å²) in [6, 6.07) is 0.178. The van der Waals surface area contributed by atoms with Crippen molar-refractivity contribution in [2.24, 2.45) is 15.1 Å². The summed E-state index contributed by atoms with van der Waals surface area (Å²) >= 11 is 0. The molecule has 0 aromatic heterocycles. The molecule has 0 aromatic carbocycles. The molecular weight excluding hydrogens is 236 g/mol. The van der Waals surface area contributed by atoms with Gasteiger partial charge in [0.1, 0.15) is 6.34 Å². The van der Waals surface area contributed by atoms with Crippen LogP contribution in [0.4, 0.5) is 0 Å². The lowest BCUT2D eigenvalue weighted by atomic mass is 10.1. The summed E-state index contributed by atoms with van der Waals surface area (Å²) in [7, 11) is 2.61. The van der Waals surface area contributed by atoms with Crippen molar-refractivity contribution in [2.75, 3.05) is 20.8 Å². The average molecular weight is 256 g/mol. The predicted octanol–water partition coefficient (Wildman–Crippen LogP) is -0.509. The molecular formula is C11H20N4O3. The Morgan fingerprint density at radius 3 is 2.83 bits per heavy atom. The lowest BCUT2D eigenvalue weighted by Gasteiger charge is -2.25. The van der Waals surface area contributed by atoms with Gasteiger partial charge in [-0.25, -0.2) is 4.99 Å². The van der Waals surface area contributed by atoms with Crippen LogP contribution in [0.1, 0.15) is 12.8 Å². The first-order valence-electron chi connectivity index (χ1n) is 5.81. The van der Waals surface area contributed by atoms with Crippen molar-refractivity contribution in [3.63, 3.8) is 0 Å². The van der Waals surface area contributed by atoms with E-state index in [9.17, 15) is 0 Å². The molecule has 0 fully saturated rings. The van der Waals surface area contributed by atoms with Gasteiger partial charge in [-0.3, -0.25) is 10.0 Å². The molecule has 7 nitrogen and oxygen atoms in total. The molecule has 0 spiro atoms. The predicted molar refractivity (Wildman–Crippen MR) is 70.2 cm³/mol. The second-order valence-electron chi connectivity index (χ2n) is 3.81. The fraction of sp³-hybridized carbons (Fsp3) is 0.727. The number of aliphatic hydroxyl groups is 2. The van der Waals surface area contributed by atoms with Gasteiger partial charge in [-0.2, -0.15) is 5.10 Å². The van der Waals surface area contributed by atoms with Gasteiger partial charge in [-0.1, -0.05) is 0 Å². The maximum atomic E-state index is 9.01. The van der Waals surface area contributed by atoms with Crippen LogP contribution in [-0.2, 0) is 4.74 Å². The third kappa shape index (κ3) is 3.59. The van der Waals surface area contributed by atoms with Crippen molar-refractivity contribution in [3.05, 3.63) is 0 Å². The Labute approximate surface area is 107 Å². The molecule has 18 heavy (non-hydrogen) atoms. The van der Waals surface area contributed by atoms with E-state index >= 15 is 0 Å². The molecule has 2 aliphatic heterocycles. The monoisotopic (exact) mass is 256 g/mol. The number of hydrogen-bond acceptors (Lipinski definition) is 7. The number of ether oxygens (including phenoxy) is 1. The Hall–Kier alpha value is -1.31. The smallest absolute Gasteiger partial charge is 0.172 e. The fourth-order valence-corrected chi connectivity index (χ4v) is 1.83. The summed E-state index contributed by atoms with van der Waals surface area (Å²) in [4.78, 5) is 8.25. The molecule has 102 valence electrons. The lowest BCUT2D eigenvalue weighted by molar-refractivity contribution is 0.0384. The summed E-state index contributed by atoms with van der Waals surface area (Å²) in [5, 5.41) is 22.1. The van der Waals surface area contributed by atoms with Crippen LogP contribution in [0.2, 0.25) is 0 Å². The van der Waals surface area contributed by atoms with Crippen molar-refractivity contribution in [1.82, 2.24) is 5.01 Å². The first-order valence-corrected chi connectivity index (χ1v) is 5.81. The van der Waals surface area contributed by atoms with Crippen LogP contribution in [0, 0.1) is 0 Å². The molecule has 0 saturated carbocycles. The molecule has 0 aromatic rings. The molecule has 2 rings (SSSR count). The largest absolute Gasteiger partial charge is 0.400 e. The van der Waals surface area contributed by atoms with Crippen molar-refractivity contribution >= 4 is 18.8 Å². The van der Waals surface area contributed by atoms with Crippen LogP contribution in [0.5, 0.6) is 0 Å². The molecule has 0 radical (unpaired) electrons. The van der Waals surface area contributed by atoms with Gasteiger partial charge >= 0.3 is 0 Å². The zero-order chi connectivity index (χ0) is 13.4. The molecule has 2 aliphatic rings. The third-order valence-electron chi connectivity index (χ3n) is 2.81. The normalized spacial score (nSPS) is 25.7. The highest BCUT2D eigenvalue weighted by atomic mass is 16.5. The fourth-order valence-electron chi connectivity index (χ4n) is 1.83. The highest BCUT2D eigenvalue weighted by Crippen LogP contribution is 2.19. The Balaban J connectivity index is 0.000000771. The molecule has 0 amide bonds. The molecule has 2 heterocycles. The SMILES string of the molecule is CO.COC(CO)CCC1C=NC2C=NC=NN12. The minimum Gasteiger partial charge on any atom is -0.400 e. The first-order chi connectivity index (χ1) is 8.85. The number of hydrogen-bond donors (Lipinski definition) is 2. The van der Waals surface area contributed by atoms with Gasteiger partial charge in [0.2, 0.25) is 0 Å². The molecule has 0 aliphatic carbocycles. The molecule has 0 bridgehead atoms. The summed E-state index contributed by atoms with van der Waals surface area (Å²) < 4.78 is 5.12. The molecule has 2 N–H and O–H groups in total. The van der Waals surface area contributed by atoms with Gasteiger partial charge in [0.15, 0.2) is 6.17 Å². The van der Waals surface area contributed by atoms with Crippen molar-refractivity contribution < 1.29 is 14.9 Å². The van der Waals surface area contributed by atoms with Crippen LogP contribution in [-0.4, -0.2) is 73.1 Å². The number of methoxy groups -OCH3 is 1. The van der Waals surface area contributed by atoms with E-state index in [4.69, 9.17) is 14.9 Å². The Kier molecular flexibility index (Phi) is 6.48. The molecule has 3 unspecified atom stereocenters. The minimum absolute atomic E-state index is 0.0501. The topological polar surface area (TPSA) is 90.0 Å². The zero-order valence-electron chi connectivity index (χ0n) is 10.7. The second-order valence-corrected chi connectivity index (χ2v) is 3.81. The molecule has 7 heteroatoms. The lowest BCUT2D eigenvalue weighted by Crippen LogP contribution is -2.36. The van der Waals surface area contributed by atoms with Gasteiger partial charge in [0.25, 0.3) is 0 Å². The van der Waals surface area contributed by atoms with E-state index in [1.54, 1.807) is 13.3 Å². The van der Waals surface area contributed by atoms with E-state index in [0.717, 1.165) is 20.0 Å². The second kappa shape index (κ2) is 7.91. The quantitative estimate of drug-likeness (QED) is 0.693. The Morgan fingerprint density at radius 1 is 1.39 bits per heavy atom. The maximum absolute atomic E-state index is 9.01. The van der Waals surface area contributed by atoms with Crippen LogP contribution >= 0.6 is 0 Å². The first kappa shape index (κ1) is 14.7. The van der Waals surface area contributed by atoms with Gasteiger partial charge in [0, 0.05) is 20.4 Å². The molecule has 0 saturated heterocycles. The summed E-state index contributed by atoms with van der Waals surface area (Å²) in [6.07, 6.45) is 6.69. The summed E-state index contributed by atoms with van der Waals surface area (Å²) in [6.45, 7) is 0.0501. The Bertz CT molecular complexity index is 315. The van der Waals surface area contributed by atoms with Gasteiger partial charge < -0.3 is 14.9 Å². The Morgan fingerprint density at radius 2 is 2.17 bits per heavy atom. The summed E-state index contributed by atoms with van der Waals surface area (Å²) in [5.74, 6) is 0. The number of aliphatic imine (C=N–C) groups is 2. The van der Waals surface area contributed by atoms with E-state index in [1.807, 2.05) is 11.2 Å². The van der Waals surface area contributed by atoms with E-state index in [1.165, 1.54) is 6.34 Å². The number of hydrazone groups is 1. The number of fused-ring (bicyclic) bond motifs is 1. The van der Waals surface area contributed by atoms with Crippen molar-refractivity contribution in [1.29, 1.82) is 0 Å². The van der Waals surface area contributed by atoms with E-state index < -0.39 is 0 Å². The number of rotatable bonds is 5. The van der Waals surface area contributed by atoms with Crippen LogP contribution < -0.4 is 0 Å². The standard InChI is InChI=1S/C10H16N4O2.CH4O/c1-16-9(6-15)3-2-8-4-12-10-5-11-7-13-14(8)10;1-2/h4-5,7-10,15H,2-3,6H2,1H3;2H,1H3. The average Bonchev–Trinajstić information content (AvgIpc) is 2.86. The number of aliphatic hydroxyl groups excluding tert-OH is 2. The minimum atomic E-state index is -0.102. The maximum Gasteiger partial charge on any atom is 0.172 e. The van der Waals surface area contributed by atoms with Gasteiger partial charge in [0.05, 0.1) is 25.0 Å². The summed E-state index contributed by atoms with van der Waals surface area (Å²) in [5.41, 5.74) is 0. The molecule has 3 atom stereocenters. The highest BCUT2D eigenvalue weighted by Gasteiger charge is 2.29. The van der Waals surface area contributed by atoms with Crippen molar-refractivity contribution in [3.8, 4) is 0 Å². The van der Waals surface area contributed by atoms with E-state index in [2.05, 4.69) is 15.1 Å². The van der Waals surface area contributed by atoms with Crippen molar-refractivity contribution in [2.45, 2.75) is 31.2 Å². The van der Waals surface area contributed by atoms with Gasteiger partial charge in [-0.15, -0.1) is 0 Å². The third-order valence-corrected chi connectivity index (χ3v) is 2.81. The van der Waals surface area contributed by atoms with E-state index in [0.29, 0.717) is 0 Å². The van der Waals surface area contributed by atoms with Crippen LogP contribution in [0.25, 0.3) is 0 Å². The zero-order valence-corrected chi connectivity index (χ0v) is 10.7. The highest BCUT2D eigenvalue weighted by molar-refractivity contribution is 5.82.